The number of barbiturate groups is 1. The van der Waals surface area contributed by atoms with Crippen LogP contribution in [0.5, 0.6) is 11.5 Å². The summed E-state index contributed by atoms with van der Waals surface area (Å²) in [5, 5.41) is 24.2. The first-order chi connectivity index (χ1) is 18.3. The van der Waals surface area contributed by atoms with Gasteiger partial charge in [-0.05, 0) is 48.0 Å². The van der Waals surface area contributed by atoms with Crippen molar-refractivity contribution in [2.45, 2.75) is 6.18 Å². The van der Waals surface area contributed by atoms with Gasteiger partial charge in [-0.2, -0.15) is 13.2 Å². The van der Waals surface area contributed by atoms with Gasteiger partial charge in [-0.25, -0.2) is 9.69 Å². The number of urea groups is 1. The topological polar surface area (TPSA) is 162 Å². The van der Waals surface area contributed by atoms with Crippen LogP contribution < -0.4 is 15.0 Å². The third-order valence-corrected chi connectivity index (χ3v) is 5.30. The fourth-order valence-electron chi connectivity index (χ4n) is 3.50. The molecule has 1 fully saturated rings. The predicted octanol–water partition coefficient (Wildman–Crippen LogP) is 4.98. The molecule has 0 saturated carbocycles. The number of anilines is 1. The van der Waals surface area contributed by atoms with Crippen molar-refractivity contribution in [2.24, 2.45) is 0 Å². The van der Waals surface area contributed by atoms with Crippen LogP contribution in [0.15, 0.2) is 72.3 Å². The minimum absolute atomic E-state index is 0.0480. The number of benzene rings is 3. The number of rotatable bonds is 6. The van der Waals surface area contributed by atoms with E-state index in [1.807, 2.05) is 5.32 Å². The predicted molar refractivity (Wildman–Crippen MR) is 127 cm³/mol. The van der Waals surface area contributed by atoms with E-state index in [-0.39, 0.29) is 22.7 Å². The molecule has 1 aliphatic rings. The van der Waals surface area contributed by atoms with Crippen LogP contribution in [0.3, 0.4) is 0 Å². The number of amides is 4. The number of nitro groups is 2. The minimum Gasteiger partial charge on any atom is -0.450 e. The number of carbonyl (C=O) groups is 3. The van der Waals surface area contributed by atoms with Crippen LogP contribution in [-0.2, 0) is 15.8 Å². The first kappa shape index (κ1) is 26.5. The number of halogens is 3. The SMILES string of the molecule is O=C1NC(=O)N(c2ccc([N+](=O)[O-])cc2)C(=O)/C1=C\c1cccc(Oc2ccc(C(F)(F)F)cc2[N+](=O)[O-])c1. The number of hydrogen-bond acceptors (Lipinski definition) is 8. The average molecular weight is 542 g/mol. The first-order valence-electron chi connectivity index (χ1n) is 10.6. The highest BCUT2D eigenvalue weighted by atomic mass is 19.4. The second-order valence-corrected chi connectivity index (χ2v) is 7.84. The van der Waals surface area contributed by atoms with E-state index >= 15 is 0 Å². The van der Waals surface area contributed by atoms with E-state index in [0.29, 0.717) is 17.0 Å². The zero-order valence-corrected chi connectivity index (χ0v) is 19.2. The Morgan fingerprint density at radius 2 is 1.59 bits per heavy atom. The fourth-order valence-corrected chi connectivity index (χ4v) is 3.50. The monoisotopic (exact) mass is 542 g/mol. The Morgan fingerprint density at radius 3 is 2.21 bits per heavy atom. The number of nitrogens with one attached hydrogen (secondary N) is 1. The van der Waals surface area contributed by atoms with Crippen LogP contribution in [0.25, 0.3) is 6.08 Å². The van der Waals surface area contributed by atoms with E-state index in [1.54, 1.807) is 0 Å². The van der Waals surface area contributed by atoms with Crippen molar-refractivity contribution in [1.29, 1.82) is 0 Å². The zero-order valence-electron chi connectivity index (χ0n) is 19.2. The average Bonchev–Trinajstić information content (AvgIpc) is 2.86. The Morgan fingerprint density at radius 1 is 0.897 bits per heavy atom. The smallest absolute Gasteiger partial charge is 0.416 e. The molecule has 39 heavy (non-hydrogen) atoms. The van der Waals surface area contributed by atoms with E-state index in [9.17, 15) is 47.8 Å². The molecule has 0 aromatic heterocycles. The molecule has 12 nitrogen and oxygen atoms in total. The number of nitro benzene ring substituents is 2. The van der Waals surface area contributed by atoms with Gasteiger partial charge in [0.05, 0.1) is 21.1 Å². The lowest BCUT2D eigenvalue weighted by Crippen LogP contribution is -2.54. The number of imide groups is 2. The molecule has 1 aliphatic heterocycles. The van der Waals surface area contributed by atoms with Crippen LogP contribution in [-0.4, -0.2) is 27.7 Å². The normalized spacial score (nSPS) is 14.8. The number of ether oxygens (including phenoxy) is 1. The van der Waals surface area contributed by atoms with Crippen LogP contribution in [0.1, 0.15) is 11.1 Å². The molecule has 0 radical (unpaired) electrons. The van der Waals surface area contributed by atoms with Crippen molar-refractivity contribution < 1.29 is 42.1 Å². The van der Waals surface area contributed by atoms with Crippen molar-refractivity contribution in [3.05, 3.63) is 104 Å². The number of hydrogen-bond donors (Lipinski definition) is 1. The van der Waals surface area contributed by atoms with Crippen LogP contribution in [0.2, 0.25) is 0 Å². The molecule has 198 valence electrons. The fraction of sp³-hybridized carbons (Fsp3) is 0.0417. The maximum absolute atomic E-state index is 13.0. The van der Waals surface area contributed by atoms with Gasteiger partial charge < -0.3 is 4.74 Å². The first-order valence-corrected chi connectivity index (χ1v) is 10.6. The van der Waals surface area contributed by atoms with Crippen LogP contribution in [0, 0.1) is 20.2 Å². The highest BCUT2D eigenvalue weighted by molar-refractivity contribution is 6.39. The van der Waals surface area contributed by atoms with E-state index < -0.39 is 56.4 Å². The molecule has 0 spiro atoms. The number of non-ortho nitro benzene ring substituents is 1. The van der Waals surface area contributed by atoms with Gasteiger partial charge in [-0.3, -0.25) is 35.1 Å². The molecule has 15 heteroatoms. The summed E-state index contributed by atoms with van der Waals surface area (Å²) in [5.41, 5.74) is -2.85. The molecule has 4 rings (SSSR count). The third kappa shape index (κ3) is 5.56. The molecule has 0 unspecified atom stereocenters. The molecule has 1 saturated heterocycles. The standard InChI is InChI=1S/C24H13F3N4O8/c25-24(26,27)14-4-9-20(19(12-14)31(37)38)39-17-3-1-2-13(10-17)11-18-21(32)28-23(34)29(22(18)33)15-5-7-16(8-6-15)30(35)36/h1-12H,(H,28,32,34)/b18-11-. The summed E-state index contributed by atoms with van der Waals surface area (Å²) in [7, 11) is 0. The van der Waals surface area contributed by atoms with Gasteiger partial charge in [0, 0.05) is 18.2 Å². The van der Waals surface area contributed by atoms with Gasteiger partial charge in [0.1, 0.15) is 11.3 Å². The molecular formula is C24H13F3N4O8. The lowest BCUT2D eigenvalue weighted by Gasteiger charge is -2.26. The maximum Gasteiger partial charge on any atom is 0.416 e. The highest BCUT2D eigenvalue weighted by Gasteiger charge is 2.37. The third-order valence-electron chi connectivity index (χ3n) is 5.30. The van der Waals surface area contributed by atoms with Gasteiger partial charge in [-0.1, -0.05) is 12.1 Å². The van der Waals surface area contributed by atoms with E-state index in [4.69, 9.17) is 4.74 Å². The quantitative estimate of drug-likeness (QED) is 0.197. The Kier molecular flexibility index (Phi) is 6.81. The Bertz CT molecular complexity index is 1570. The molecule has 3 aromatic carbocycles. The lowest BCUT2D eigenvalue weighted by molar-refractivity contribution is -0.385. The molecule has 0 atom stereocenters. The van der Waals surface area contributed by atoms with Crippen molar-refractivity contribution in [3.63, 3.8) is 0 Å². The molecule has 0 aliphatic carbocycles. The summed E-state index contributed by atoms with van der Waals surface area (Å²) in [6, 6.07) is 10.5. The van der Waals surface area contributed by atoms with Gasteiger partial charge in [0.15, 0.2) is 0 Å². The molecule has 4 amide bonds. The number of alkyl halides is 3. The van der Waals surface area contributed by atoms with E-state index in [1.165, 1.54) is 24.3 Å². The van der Waals surface area contributed by atoms with Crippen LogP contribution >= 0.6 is 0 Å². The number of nitrogens with zero attached hydrogens (tertiary/aromatic N) is 3. The summed E-state index contributed by atoms with van der Waals surface area (Å²) in [4.78, 5) is 58.8. The van der Waals surface area contributed by atoms with E-state index in [2.05, 4.69) is 0 Å². The summed E-state index contributed by atoms with van der Waals surface area (Å²) in [6.07, 6.45) is -3.72. The summed E-state index contributed by atoms with van der Waals surface area (Å²) >= 11 is 0. The minimum atomic E-state index is -4.81. The Labute approximate surface area is 215 Å². The molecular weight excluding hydrogens is 529 g/mol. The highest BCUT2D eigenvalue weighted by Crippen LogP contribution is 2.38. The van der Waals surface area contributed by atoms with Crippen molar-refractivity contribution in [2.75, 3.05) is 4.90 Å². The molecule has 0 bridgehead atoms. The van der Waals surface area contributed by atoms with Gasteiger partial charge >= 0.3 is 17.9 Å². The van der Waals surface area contributed by atoms with Crippen LogP contribution in [0.4, 0.5) is 35.0 Å². The number of carbonyl (C=O) groups excluding carboxylic acids is 3. The lowest BCUT2D eigenvalue weighted by atomic mass is 10.1. The molecule has 3 aromatic rings. The summed E-state index contributed by atoms with van der Waals surface area (Å²) in [6.45, 7) is 0. The second-order valence-electron chi connectivity index (χ2n) is 7.84. The van der Waals surface area contributed by atoms with Crippen molar-refractivity contribution in [1.82, 2.24) is 5.32 Å². The summed E-state index contributed by atoms with van der Waals surface area (Å²) in [5.74, 6) is -2.63. The largest absolute Gasteiger partial charge is 0.450 e. The Hall–Kier alpha value is -5.60. The Balaban J connectivity index is 1.64. The van der Waals surface area contributed by atoms with Gasteiger partial charge in [0.25, 0.3) is 17.5 Å². The molecule has 1 heterocycles. The zero-order chi connectivity index (χ0) is 28.5. The van der Waals surface area contributed by atoms with Gasteiger partial charge in [-0.15, -0.1) is 0 Å². The maximum atomic E-state index is 13.0. The van der Waals surface area contributed by atoms with E-state index in [0.717, 1.165) is 36.4 Å². The van der Waals surface area contributed by atoms with Gasteiger partial charge in [0.2, 0.25) is 5.75 Å². The second kappa shape index (κ2) is 10.0. The molecule has 1 N–H and O–H groups in total. The van der Waals surface area contributed by atoms with Crippen molar-refractivity contribution in [3.8, 4) is 11.5 Å². The summed E-state index contributed by atoms with van der Waals surface area (Å²) < 4.78 is 44.3. The van der Waals surface area contributed by atoms with Crippen molar-refractivity contribution >= 4 is 41.0 Å².